The fourth-order valence-electron chi connectivity index (χ4n) is 1.50. The second kappa shape index (κ2) is 5.70. The fourth-order valence-corrected chi connectivity index (χ4v) is 2.46. The Morgan fingerprint density at radius 3 is 2.95 bits per heavy atom. The SMILES string of the molecule is CCOC1=NC(=O)OC(c2ccccc2[N+](=O)[O-])S1. The van der Waals surface area contributed by atoms with Crippen LogP contribution in [0.25, 0.3) is 0 Å². The predicted molar refractivity (Wildman–Crippen MR) is 69.0 cm³/mol. The zero-order valence-electron chi connectivity index (χ0n) is 9.94. The van der Waals surface area contributed by atoms with Gasteiger partial charge in [-0.3, -0.25) is 10.1 Å². The number of ether oxygens (including phenoxy) is 2. The van der Waals surface area contributed by atoms with Gasteiger partial charge in [0.25, 0.3) is 10.9 Å². The maximum absolute atomic E-state index is 11.3. The van der Waals surface area contributed by atoms with Crippen LogP contribution in [0.3, 0.4) is 0 Å². The normalized spacial score (nSPS) is 18.5. The van der Waals surface area contributed by atoms with Crippen LogP contribution in [-0.4, -0.2) is 22.9 Å². The van der Waals surface area contributed by atoms with Crippen LogP contribution in [-0.2, 0) is 9.47 Å². The summed E-state index contributed by atoms with van der Waals surface area (Å²) in [5, 5.41) is 11.1. The van der Waals surface area contributed by atoms with Gasteiger partial charge in [-0.25, -0.2) is 4.79 Å². The topological polar surface area (TPSA) is 91.0 Å². The Balaban J connectivity index is 2.31. The van der Waals surface area contributed by atoms with Gasteiger partial charge in [-0.15, -0.1) is 4.99 Å². The van der Waals surface area contributed by atoms with E-state index in [2.05, 4.69) is 4.99 Å². The number of cyclic esters (lactones) is 1. The molecule has 0 radical (unpaired) electrons. The molecule has 1 unspecified atom stereocenters. The zero-order chi connectivity index (χ0) is 13.8. The minimum absolute atomic E-state index is 0.106. The maximum atomic E-state index is 11.3. The van der Waals surface area contributed by atoms with E-state index in [-0.39, 0.29) is 10.9 Å². The van der Waals surface area contributed by atoms with Gasteiger partial charge in [0.2, 0.25) is 0 Å². The number of thioether (sulfide) groups is 1. The van der Waals surface area contributed by atoms with Crippen molar-refractivity contribution in [1.29, 1.82) is 0 Å². The monoisotopic (exact) mass is 282 g/mol. The van der Waals surface area contributed by atoms with Gasteiger partial charge in [-0.05, 0) is 24.8 Å². The summed E-state index contributed by atoms with van der Waals surface area (Å²) in [5.41, 5.74) is -0.628. The Bertz CT molecular complexity index is 546. The molecule has 8 heteroatoms. The van der Waals surface area contributed by atoms with Gasteiger partial charge in [0.05, 0.1) is 17.1 Å². The number of amides is 1. The highest BCUT2D eigenvalue weighted by atomic mass is 32.2. The van der Waals surface area contributed by atoms with Crippen LogP contribution < -0.4 is 0 Å². The van der Waals surface area contributed by atoms with E-state index in [1.54, 1.807) is 19.1 Å². The lowest BCUT2D eigenvalue weighted by molar-refractivity contribution is -0.385. The molecule has 1 atom stereocenters. The number of rotatable bonds is 3. The number of para-hydroxylation sites is 1. The molecule has 1 amide bonds. The molecule has 0 aliphatic carbocycles. The molecule has 0 saturated heterocycles. The predicted octanol–water partition coefficient (Wildman–Crippen LogP) is 2.87. The molecule has 0 aromatic heterocycles. The van der Waals surface area contributed by atoms with Crippen molar-refractivity contribution in [3.63, 3.8) is 0 Å². The van der Waals surface area contributed by atoms with Crippen molar-refractivity contribution in [3.05, 3.63) is 39.9 Å². The highest BCUT2D eigenvalue weighted by Crippen LogP contribution is 2.39. The first kappa shape index (κ1) is 13.3. The minimum atomic E-state index is -0.826. The van der Waals surface area contributed by atoms with Crippen molar-refractivity contribution in [2.45, 2.75) is 12.4 Å². The number of nitro benzene ring substituents is 1. The van der Waals surface area contributed by atoms with Crippen LogP contribution >= 0.6 is 11.8 Å². The molecule has 0 bridgehead atoms. The van der Waals surface area contributed by atoms with Crippen molar-refractivity contribution in [2.75, 3.05) is 6.61 Å². The average molecular weight is 282 g/mol. The smallest absolute Gasteiger partial charge is 0.438 e. The highest BCUT2D eigenvalue weighted by Gasteiger charge is 2.31. The molecule has 100 valence electrons. The standard InChI is InChI=1S/C11H10N2O5S/c1-2-17-11-12-10(14)18-9(19-11)7-5-3-4-6-8(7)13(15)16/h3-6,9H,2H2,1H3. The molecule has 2 rings (SSSR count). The molecule has 0 spiro atoms. The summed E-state index contributed by atoms with van der Waals surface area (Å²) in [6.07, 6.45) is -0.814. The van der Waals surface area contributed by atoms with E-state index in [9.17, 15) is 14.9 Å². The number of nitrogens with zero attached hydrogens (tertiary/aromatic N) is 2. The van der Waals surface area contributed by atoms with Crippen LogP contribution in [0.15, 0.2) is 29.3 Å². The summed E-state index contributed by atoms with van der Waals surface area (Å²) in [7, 11) is 0. The second-order valence-electron chi connectivity index (χ2n) is 3.46. The van der Waals surface area contributed by atoms with Crippen molar-refractivity contribution in [1.82, 2.24) is 0 Å². The number of hydrogen-bond donors (Lipinski definition) is 0. The molecular formula is C11H10N2O5S. The van der Waals surface area contributed by atoms with Crippen molar-refractivity contribution in [3.8, 4) is 0 Å². The first-order valence-electron chi connectivity index (χ1n) is 5.44. The lowest BCUT2D eigenvalue weighted by Gasteiger charge is -2.20. The van der Waals surface area contributed by atoms with Crippen LogP contribution in [0.1, 0.15) is 17.9 Å². The number of nitro groups is 1. The van der Waals surface area contributed by atoms with Gasteiger partial charge in [0, 0.05) is 6.07 Å². The van der Waals surface area contributed by atoms with E-state index >= 15 is 0 Å². The number of carbonyl (C=O) groups is 1. The van der Waals surface area contributed by atoms with E-state index in [0.717, 1.165) is 11.8 Å². The molecule has 0 N–H and O–H groups in total. The van der Waals surface area contributed by atoms with E-state index in [4.69, 9.17) is 9.47 Å². The molecule has 0 fully saturated rings. The Kier molecular flexibility index (Phi) is 4.00. The quantitative estimate of drug-likeness (QED) is 0.625. The van der Waals surface area contributed by atoms with Crippen molar-refractivity contribution >= 4 is 28.8 Å². The van der Waals surface area contributed by atoms with E-state index in [1.165, 1.54) is 12.1 Å². The zero-order valence-corrected chi connectivity index (χ0v) is 10.8. The Morgan fingerprint density at radius 1 is 1.53 bits per heavy atom. The summed E-state index contributed by atoms with van der Waals surface area (Å²) in [5.74, 6) is 0. The van der Waals surface area contributed by atoms with E-state index < -0.39 is 16.5 Å². The van der Waals surface area contributed by atoms with Gasteiger partial charge < -0.3 is 9.47 Å². The molecule has 1 aliphatic heterocycles. The summed E-state index contributed by atoms with van der Waals surface area (Å²) in [6, 6.07) is 6.09. The molecular weight excluding hydrogens is 272 g/mol. The Hall–Kier alpha value is -2.09. The molecule has 19 heavy (non-hydrogen) atoms. The van der Waals surface area contributed by atoms with E-state index in [0.29, 0.717) is 12.2 Å². The van der Waals surface area contributed by atoms with Crippen LogP contribution in [0.4, 0.5) is 10.5 Å². The summed E-state index contributed by atoms with van der Waals surface area (Å²) >= 11 is 1.02. The average Bonchev–Trinajstić information content (AvgIpc) is 2.38. The Morgan fingerprint density at radius 2 is 2.26 bits per heavy atom. The van der Waals surface area contributed by atoms with Crippen LogP contribution in [0.5, 0.6) is 0 Å². The third kappa shape index (κ3) is 3.02. The number of hydrogen-bond acceptors (Lipinski definition) is 6. The third-order valence-corrected chi connectivity index (χ3v) is 3.23. The van der Waals surface area contributed by atoms with Crippen LogP contribution in [0.2, 0.25) is 0 Å². The largest absolute Gasteiger partial charge is 0.473 e. The number of benzene rings is 1. The van der Waals surface area contributed by atoms with Crippen molar-refractivity contribution < 1.29 is 19.2 Å². The van der Waals surface area contributed by atoms with Crippen molar-refractivity contribution in [2.24, 2.45) is 4.99 Å². The maximum Gasteiger partial charge on any atom is 0.438 e. The van der Waals surface area contributed by atoms with Gasteiger partial charge in [0.1, 0.15) is 0 Å². The first-order valence-corrected chi connectivity index (χ1v) is 6.32. The number of carbonyl (C=O) groups excluding carboxylic acids is 1. The molecule has 7 nitrogen and oxygen atoms in total. The lowest BCUT2D eigenvalue weighted by Crippen LogP contribution is -2.18. The Labute approximate surface area is 112 Å². The van der Waals surface area contributed by atoms with E-state index in [1.807, 2.05) is 0 Å². The second-order valence-corrected chi connectivity index (χ2v) is 4.47. The summed E-state index contributed by atoms with van der Waals surface area (Å²) < 4.78 is 10.1. The highest BCUT2D eigenvalue weighted by molar-refractivity contribution is 8.13. The minimum Gasteiger partial charge on any atom is -0.473 e. The molecule has 0 saturated carbocycles. The van der Waals surface area contributed by atoms with Gasteiger partial charge in [0.15, 0.2) is 5.44 Å². The lowest BCUT2D eigenvalue weighted by atomic mass is 10.2. The molecule has 1 aromatic carbocycles. The van der Waals surface area contributed by atoms with Gasteiger partial charge in [-0.1, -0.05) is 12.1 Å². The van der Waals surface area contributed by atoms with Gasteiger partial charge in [-0.2, -0.15) is 0 Å². The summed E-state index contributed by atoms with van der Waals surface area (Å²) in [4.78, 5) is 25.3. The van der Waals surface area contributed by atoms with Crippen LogP contribution in [0, 0.1) is 10.1 Å². The fraction of sp³-hybridized carbons (Fsp3) is 0.273. The first-order chi connectivity index (χ1) is 9.11. The number of aliphatic imine (C=N–C) groups is 1. The molecule has 1 aliphatic rings. The molecule has 1 aromatic rings. The molecule has 1 heterocycles. The summed E-state index contributed by atoms with van der Waals surface area (Å²) in [6.45, 7) is 2.10. The van der Waals surface area contributed by atoms with Gasteiger partial charge >= 0.3 is 6.09 Å². The third-order valence-electron chi connectivity index (χ3n) is 2.25.